The molecule has 0 radical (unpaired) electrons. The number of benzene rings is 1. The van der Waals surface area contributed by atoms with Crippen molar-refractivity contribution in [1.82, 2.24) is 0 Å². The lowest BCUT2D eigenvalue weighted by molar-refractivity contribution is 0.914. The molecule has 56 valence electrons. The van der Waals surface area contributed by atoms with Crippen molar-refractivity contribution in [2.24, 2.45) is 5.73 Å². The second kappa shape index (κ2) is 3.18. The van der Waals surface area contributed by atoms with Crippen LogP contribution in [0.3, 0.4) is 0 Å². The Balaban J connectivity index is 3.05. The highest BCUT2D eigenvalue weighted by Gasteiger charge is 2.04. The molecule has 0 saturated heterocycles. The largest absolute Gasteiger partial charge is 0.312 e. The van der Waals surface area contributed by atoms with Crippen molar-refractivity contribution in [3.05, 3.63) is 35.4 Å². The second-order valence-electron chi connectivity index (χ2n) is 2.46. The Labute approximate surface area is 66.3 Å². The topological polar surface area (TPSA) is 49.8 Å². The highest BCUT2D eigenvalue weighted by atomic mass is 14.6. The second-order valence-corrected chi connectivity index (χ2v) is 2.46. The lowest BCUT2D eigenvalue weighted by atomic mass is 10.0. The molecule has 11 heavy (non-hydrogen) atoms. The first-order valence-corrected chi connectivity index (χ1v) is 3.46. The molecule has 0 aliphatic heterocycles. The highest BCUT2D eigenvalue weighted by Crippen LogP contribution is 2.13. The molecule has 1 atom stereocenters. The zero-order valence-corrected chi connectivity index (χ0v) is 6.41. The van der Waals surface area contributed by atoms with Gasteiger partial charge in [0.1, 0.15) is 6.04 Å². The zero-order valence-electron chi connectivity index (χ0n) is 6.41. The summed E-state index contributed by atoms with van der Waals surface area (Å²) in [7, 11) is 0. The van der Waals surface area contributed by atoms with Gasteiger partial charge >= 0.3 is 0 Å². The van der Waals surface area contributed by atoms with Gasteiger partial charge in [-0.15, -0.1) is 0 Å². The zero-order chi connectivity index (χ0) is 8.27. The van der Waals surface area contributed by atoms with Crippen molar-refractivity contribution in [2.75, 3.05) is 0 Å². The average molecular weight is 146 g/mol. The van der Waals surface area contributed by atoms with Crippen LogP contribution in [-0.4, -0.2) is 0 Å². The Morgan fingerprint density at radius 2 is 2.09 bits per heavy atom. The van der Waals surface area contributed by atoms with E-state index >= 15 is 0 Å². The summed E-state index contributed by atoms with van der Waals surface area (Å²) in [5.41, 5.74) is 7.52. The predicted molar refractivity (Wildman–Crippen MR) is 43.7 cm³/mol. The van der Waals surface area contributed by atoms with Gasteiger partial charge in [-0.25, -0.2) is 0 Å². The van der Waals surface area contributed by atoms with Gasteiger partial charge in [0.25, 0.3) is 0 Å². The van der Waals surface area contributed by atoms with Gasteiger partial charge in [-0.05, 0) is 18.1 Å². The molecule has 0 spiro atoms. The van der Waals surface area contributed by atoms with E-state index < -0.39 is 6.04 Å². The Morgan fingerprint density at radius 1 is 1.45 bits per heavy atom. The molecule has 0 bridgehead atoms. The Hall–Kier alpha value is -1.33. The monoisotopic (exact) mass is 146 g/mol. The molecule has 1 aromatic rings. The molecule has 1 aromatic carbocycles. The minimum atomic E-state index is -0.490. The molecular weight excluding hydrogens is 136 g/mol. The third-order valence-electron chi connectivity index (χ3n) is 1.66. The molecule has 0 aromatic heterocycles. The maximum absolute atomic E-state index is 8.54. The van der Waals surface area contributed by atoms with E-state index in [1.165, 1.54) is 0 Å². The van der Waals surface area contributed by atoms with Crippen molar-refractivity contribution < 1.29 is 0 Å². The lowest BCUT2D eigenvalue weighted by Gasteiger charge is -2.05. The van der Waals surface area contributed by atoms with E-state index in [-0.39, 0.29) is 0 Å². The Morgan fingerprint density at radius 3 is 2.64 bits per heavy atom. The van der Waals surface area contributed by atoms with Crippen LogP contribution in [0.4, 0.5) is 0 Å². The average Bonchev–Trinajstić information content (AvgIpc) is 2.04. The quantitative estimate of drug-likeness (QED) is 0.653. The fraction of sp³-hybridized carbons (Fsp3) is 0.222. The van der Waals surface area contributed by atoms with E-state index in [1.807, 2.05) is 37.3 Å². The van der Waals surface area contributed by atoms with Crippen molar-refractivity contribution in [1.29, 1.82) is 5.26 Å². The van der Waals surface area contributed by atoms with E-state index in [0.717, 1.165) is 11.1 Å². The summed E-state index contributed by atoms with van der Waals surface area (Å²) in [5.74, 6) is 0. The Bertz CT molecular complexity index is 286. The first kappa shape index (κ1) is 7.77. The first-order chi connectivity index (χ1) is 5.25. The summed E-state index contributed by atoms with van der Waals surface area (Å²) in [6.07, 6.45) is 0. The molecule has 2 heteroatoms. The predicted octanol–water partition coefficient (Wildman–Crippen LogP) is 1.52. The van der Waals surface area contributed by atoms with E-state index in [4.69, 9.17) is 11.0 Å². The van der Waals surface area contributed by atoms with Crippen LogP contribution in [0.15, 0.2) is 24.3 Å². The smallest absolute Gasteiger partial charge is 0.119 e. The first-order valence-electron chi connectivity index (χ1n) is 3.46. The number of aryl methyl sites for hydroxylation is 1. The number of nitriles is 1. The molecule has 1 rings (SSSR count). The normalized spacial score (nSPS) is 12.1. The molecule has 0 aliphatic rings. The molecular formula is C9H10N2. The molecule has 2 N–H and O–H groups in total. The van der Waals surface area contributed by atoms with Gasteiger partial charge in [0.2, 0.25) is 0 Å². The van der Waals surface area contributed by atoms with Crippen LogP contribution in [0.2, 0.25) is 0 Å². The molecule has 0 fully saturated rings. The molecule has 0 saturated carbocycles. The number of nitrogens with zero attached hydrogens (tertiary/aromatic N) is 1. The van der Waals surface area contributed by atoms with Crippen LogP contribution in [0.5, 0.6) is 0 Å². The number of hydrogen-bond acceptors (Lipinski definition) is 2. The van der Waals surface area contributed by atoms with Gasteiger partial charge in [-0.2, -0.15) is 5.26 Å². The summed E-state index contributed by atoms with van der Waals surface area (Å²) in [6.45, 7) is 1.95. The van der Waals surface area contributed by atoms with Crippen molar-refractivity contribution >= 4 is 0 Å². The minimum absolute atomic E-state index is 0.490. The summed E-state index contributed by atoms with van der Waals surface area (Å²) < 4.78 is 0. The van der Waals surface area contributed by atoms with Crippen LogP contribution in [0.1, 0.15) is 17.2 Å². The standard InChI is InChI=1S/C9H10N2/c1-7-4-2-3-5-8(7)9(11)6-10/h2-5,9H,11H2,1H3/t9-/m0/s1. The van der Waals surface area contributed by atoms with Crippen LogP contribution in [0, 0.1) is 18.3 Å². The molecule has 0 amide bonds. The van der Waals surface area contributed by atoms with Crippen LogP contribution in [-0.2, 0) is 0 Å². The van der Waals surface area contributed by atoms with E-state index in [9.17, 15) is 0 Å². The van der Waals surface area contributed by atoms with E-state index in [1.54, 1.807) is 0 Å². The summed E-state index contributed by atoms with van der Waals surface area (Å²) in [4.78, 5) is 0. The third kappa shape index (κ3) is 1.57. The maximum Gasteiger partial charge on any atom is 0.119 e. The van der Waals surface area contributed by atoms with E-state index in [0.29, 0.717) is 0 Å². The van der Waals surface area contributed by atoms with Crippen molar-refractivity contribution in [3.63, 3.8) is 0 Å². The Kier molecular flexibility index (Phi) is 2.25. The number of rotatable bonds is 1. The van der Waals surface area contributed by atoms with Gasteiger partial charge in [-0.1, -0.05) is 24.3 Å². The van der Waals surface area contributed by atoms with E-state index in [2.05, 4.69) is 0 Å². The van der Waals surface area contributed by atoms with Crippen molar-refractivity contribution in [2.45, 2.75) is 13.0 Å². The number of hydrogen-bond donors (Lipinski definition) is 1. The van der Waals surface area contributed by atoms with Crippen LogP contribution >= 0.6 is 0 Å². The van der Waals surface area contributed by atoms with Gasteiger partial charge in [0, 0.05) is 0 Å². The van der Waals surface area contributed by atoms with Gasteiger partial charge in [-0.3, -0.25) is 0 Å². The maximum atomic E-state index is 8.54. The summed E-state index contributed by atoms with van der Waals surface area (Å²) in [5, 5.41) is 8.54. The molecule has 0 heterocycles. The van der Waals surface area contributed by atoms with Crippen LogP contribution in [0.25, 0.3) is 0 Å². The molecule has 2 nitrogen and oxygen atoms in total. The third-order valence-corrected chi connectivity index (χ3v) is 1.66. The van der Waals surface area contributed by atoms with Gasteiger partial charge < -0.3 is 5.73 Å². The fourth-order valence-corrected chi connectivity index (χ4v) is 1.01. The number of nitrogens with two attached hydrogens (primary N) is 1. The highest BCUT2D eigenvalue weighted by molar-refractivity contribution is 5.31. The fourth-order valence-electron chi connectivity index (χ4n) is 1.01. The SMILES string of the molecule is Cc1ccccc1[C@@H](N)C#N. The summed E-state index contributed by atoms with van der Waals surface area (Å²) in [6, 6.07) is 9.16. The minimum Gasteiger partial charge on any atom is -0.312 e. The molecule has 0 unspecified atom stereocenters. The summed E-state index contributed by atoms with van der Waals surface area (Å²) >= 11 is 0. The van der Waals surface area contributed by atoms with Gasteiger partial charge in [0.05, 0.1) is 6.07 Å². The van der Waals surface area contributed by atoms with Crippen LogP contribution < -0.4 is 5.73 Å². The van der Waals surface area contributed by atoms with Gasteiger partial charge in [0.15, 0.2) is 0 Å². The lowest BCUT2D eigenvalue weighted by Crippen LogP contribution is -2.08. The van der Waals surface area contributed by atoms with Crippen molar-refractivity contribution in [3.8, 4) is 6.07 Å². The molecule has 0 aliphatic carbocycles.